The highest BCUT2D eigenvalue weighted by Crippen LogP contribution is 2.30. The maximum absolute atomic E-state index is 13.2. The predicted molar refractivity (Wildman–Crippen MR) is 263 cm³/mol. The molecule has 406 valence electrons. The number of imide groups is 1. The number of nitrogens with one attached hydrogen (secondary N) is 2. The van der Waals surface area contributed by atoms with Gasteiger partial charge in [-0.2, -0.15) is 5.10 Å². The maximum Gasteiger partial charge on any atom is 0.273 e. The largest absolute Gasteiger partial charge is 0.387 e. The van der Waals surface area contributed by atoms with E-state index in [0.717, 1.165) is 34.6 Å². The Balaban J connectivity index is 0.845. The number of carbonyl (C=O) groups excluding carboxylic acids is 5. The van der Waals surface area contributed by atoms with Gasteiger partial charge in [-0.1, -0.05) is 6.92 Å². The van der Waals surface area contributed by atoms with Crippen LogP contribution in [-0.4, -0.2) is 225 Å². The lowest BCUT2D eigenvalue weighted by Crippen LogP contribution is -2.41. The number of carbonyl (C=O) groups is 5. The number of pyridine rings is 1. The van der Waals surface area contributed by atoms with Crippen molar-refractivity contribution in [1.29, 1.82) is 0 Å². The van der Waals surface area contributed by atoms with Crippen molar-refractivity contribution in [3.63, 3.8) is 0 Å². The Morgan fingerprint density at radius 1 is 0.630 bits per heavy atom. The number of amides is 5. The van der Waals surface area contributed by atoms with Crippen molar-refractivity contribution in [2.24, 2.45) is 10.7 Å². The fraction of sp³-hybridized carbons (Fsp3) is 0.625. The van der Waals surface area contributed by atoms with E-state index in [1.54, 1.807) is 24.7 Å². The molecule has 2 aliphatic heterocycles. The highest BCUT2D eigenvalue weighted by molar-refractivity contribution is 6.14. The molecule has 4 rings (SSSR count). The van der Waals surface area contributed by atoms with E-state index < -0.39 is 17.7 Å². The zero-order valence-corrected chi connectivity index (χ0v) is 42.1. The summed E-state index contributed by atoms with van der Waals surface area (Å²) in [7, 11) is 0. The Bertz CT molecular complexity index is 2030. The van der Waals surface area contributed by atoms with E-state index in [-0.39, 0.29) is 50.3 Å². The predicted octanol–water partition coefficient (Wildman–Crippen LogP) is 0.234. The number of hydrogen-bond acceptors (Lipinski definition) is 20. The first-order valence-electron chi connectivity index (χ1n) is 24.5. The molecule has 0 aromatic carbocycles. The number of amidine groups is 1. The summed E-state index contributed by atoms with van der Waals surface area (Å²) in [6, 6.07) is 1.83. The lowest BCUT2D eigenvalue weighted by atomic mass is 10.1. The molecule has 0 atom stereocenters. The zero-order valence-electron chi connectivity index (χ0n) is 42.1. The minimum absolute atomic E-state index is 0.0221. The summed E-state index contributed by atoms with van der Waals surface area (Å²) in [5.41, 5.74) is 9.17. The quantitative estimate of drug-likeness (QED) is 0.0455. The molecule has 0 saturated heterocycles. The van der Waals surface area contributed by atoms with Gasteiger partial charge in [-0.15, -0.1) is 0 Å². The van der Waals surface area contributed by atoms with E-state index >= 15 is 0 Å². The number of nitrogens with zero attached hydrogens (tertiary/aromatic N) is 6. The van der Waals surface area contributed by atoms with E-state index in [1.165, 1.54) is 9.75 Å². The Hall–Kier alpha value is -5.58. The van der Waals surface area contributed by atoms with Crippen molar-refractivity contribution in [3.8, 4) is 11.1 Å². The lowest BCUT2D eigenvalue weighted by Gasteiger charge is -2.21. The van der Waals surface area contributed by atoms with Crippen LogP contribution in [0.4, 0.5) is 5.69 Å². The summed E-state index contributed by atoms with van der Waals surface area (Å²) in [6.07, 6.45) is 9.94. The van der Waals surface area contributed by atoms with Crippen LogP contribution in [0.15, 0.2) is 47.4 Å². The molecular formula is C48H73N9O16. The summed E-state index contributed by atoms with van der Waals surface area (Å²) < 4.78 is 56.4. The number of rotatable bonds is 43. The number of hydroxylamine groups is 2. The molecule has 0 spiro atoms. The summed E-state index contributed by atoms with van der Waals surface area (Å²) in [4.78, 5) is 75.9. The smallest absolute Gasteiger partial charge is 0.273 e. The molecule has 25 heteroatoms. The van der Waals surface area contributed by atoms with Crippen LogP contribution in [-0.2, 0) is 82.7 Å². The van der Waals surface area contributed by atoms with Crippen LogP contribution in [0.1, 0.15) is 32.4 Å². The molecule has 25 nitrogen and oxygen atoms in total. The lowest BCUT2D eigenvalue weighted by molar-refractivity contribution is -0.180. The van der Waals surface area contributed by atoms with Gasteiger partial charge in [-0.3, -0.25) is 43.4 Å². The van der Waals surface area contributed by atoms with E-state index in [4.69, 9.17) is 57.9 Å². The van der Waals surface area contributed by atoms with Gasteiger partial charge < -0.3 is 63.7 Å². The summed E-state index contributed by atoms with van der Waals surface area (Å²) >= 11 is 0. The van der Waals surface area contributed by atoms with Gasteiger partial charge in [0.25, 0.3) is 17.7 Å². The zero-order chi connectivity index (χ0) is 52.1. The fourth-order valence-corrected chi connectivity index (χ4v) is 6.50. The standard InChI is InChI=1S/C48H73N9O16/c1-3-9-57(73-4-2)48(62)38-30-41-42(54-43(49)32-38)31-39(33-52-41)40-34-53-55(35-40)36-44(58)50-7-10-63-12-14-65-16-18-67-20-22-69-24-26-71-28-29-72-27-25-70-23-21-68-19-17-66-15-13-64-11-8-51-45(59)37-56-46(60)5-6-47(56)61/h5-6,30-31,33-35H,3-4,7-29,32,36-37H2,1-2H3,(H2,49,54)(H,50,58)(H,51,59). The van der Waals surface area contributed by atoms with Crippen LogP contribution in [0.25, 0.3) is 17.2 Å². The molecule has 0 aliphatic carbocycles. The first kappa shape index (κ1) is 60.0. The third-order valence-corrected chi connectivity index (χ3v) is 10.0. The third kappa shape index (κ3) is 25.3. The van der Waals surface area contributed by atoms with E-state index in [1.807, 2.05) is 19.9 Å². The van der Waals surface area contributed by atoms with Crippen LogP contribution < -0.4 is 16.4 Å². The monoisotopic (exact) mass is 1030 g/mol. The number of hydrogen-bond donors (Lipinski definition) is 3. The molecule has 4 N–H and O–H groups in total. The highest BCUT2D eigenvalue weighted by Gasteiger charge is 2.26. The topological polar surface area (TPSA) is 287 Å². The molecule has 73 heavy (non-hydrogen) atoms. The normalized spacial score (nSPS) is 13.3. The van der Waals surface area contributed by atoms with Crippen molar-refractivity contribution in [2.75, 3.05) is 165 Å². The molecule has 5 amide bonds. The summed E-state index contributed by atoms with van der Waals surface area (Å²) in [5.74, 6) is -1.63. The van der Waals surface area contributed by atoms with Crippen LogP contribution >= 0.6 is 0 Å². The van der Waals surface area contributed by atoms with Gasteiger partial charge in [0.2, 0.25) is 11.8 Å². The first-order chi connectivity index (χ1) is 35.7. The molecule has 0 radical (unpaired) electrons. The highest BCUT2D eigenvalue weighted by atomic mass is 16.7. The Labute approximate surface area is 425 Å². The minimum atomic E-state index is -0.499. The number of ether oxygens (including phenoxy) is 10. The minimum Gasteiger partial charge on any atom is -0.387 e. The van der Waals surface area contributed by atoms with Crippen molar-refractivity contribution in [1.82, 2.24) is 35.4 Å². The number of aromatic nitrogens is 3. The van der Waals surface area contributed by atoms with Gasteiger partial charge in [-0.05, 0) is 25.5 Å². The average Bonchev–Trinajstić information content (AvgIpc) is 3.92. The Morgan fingerprint density at radius 2 is 1.08 bits per heavy atom. The Kier molecular flexibility index (Phi) is 30.6. The maximum atomic E-state index is 13.2. The molecule has 2 aliphatic rings. The number of nitrogens with two attached hydrogens (primary N) is 1. The molecule has 0 unspecified atom stereocenters. The van der Waals surface area contributed by atoms with E-state index in [2.05, 4.69) is 25.7 Å². The molecular weight excluding hydrogens is 959 g/mol. The molecule has 4 heterocycles. The van der Waals surface area contributed by atoms with Gasteiger partial charge in [0, 0.05) is 67.3 Å². The van der Waals surface area contributed by atoms with Crippen molar-refractivity contribution in [2.45, 2.75) is 33.2 Å². The second-order valence-electron chi connectivity index (χ2n) is 15.7. The molecule has 2 aromatic rings. The van der Waals surface area contributed by atoms with Gasteiger partial charge >= 0.3 is 0 Å². The Morgan fingerprint density at radius 3 is 1.53 bits per heavy atom. The van der Waals surface area contributed by atoms with Gasteiger partial charge in [0.15, 0.2) is 0 Å². The van der Waals surface area contributed by atoms with Gasteiger partial charge in [0.05, 0.1) is 156 Å². The number of fused-ring (bicyclic) bond motifs is 1. The van der Waals surface area contributed by atoms with Crippen LogP contribution in [0.2, 0.25) is 0 Å². The van der Waals surface area contributed by atoms with Crippen LogP contribution in [0, 0.1) is 0 Å². The SMILES string of the molecule is CCCN(OCC)C(=O)C1=Cc2ncc(-c3cnn(CC(=O)NCCOCCOCCOCCOCCOCCOCCOCCOCCOCCOCCNC(=O)CN4C(=O)C=CC4=O)c3)cc2N=C(N)C1. The van der Waals surface area contributed by atoms with Crippen molar-refractivity contribution in [3.05, 3.63) is 48.1 Å². The van der Waals surface area contributed by atoms with Gasteiger partial charge in [-0.25, -0.2) is 10.1 Å². The van der Waals surface area contributed by atoms with Crippen LogP contribution in [0.5, 0.6) is 0 Å². The number of aliphatic imine (C=N–C) groups is 1. The third-order valence-electron chi connectivity index (χ3n) is 10.0. The first-order valence-corrected chi connectivity index (χ1v) is 24.5. The molecule has 0 fully saturated rings. The second kappa shape index (κ2) is 37.2. The average molecular weight is 1030 g/mol. The molecule has 0 saturated carbocycles. The fourth-order valence-electron chi connectivity index (χ4n) is 6.50. The molecule has 0 bridgehead atoms. The van der Waals surface area contributed by atoms with Crippen molar-refractivity contribution >= 4 is 47.1 Å². The van der Waals surface area contributed by atoms with E-state index in [9.17, 15) is 24.0 Å². The second-order valence-corrected chi connectivity index (χ2v) is 15.7. The van der Waals surface area contributed by atoms with E-state index in [0.29, 0.717) is 162 Å². The van der Waals surface area contributed by atoms with Crippen molar-refractivity contribution < 1.29 is 76.2 Å². The molecule has 2 aromatic heterocycles. The van der Waals surface area contributed by atoms with Gasteiger partial charge in [0.1, 0.15) is 18.9 Å². The van der Waals surface area contributed by atoms with Crippen LogP contribution in [0.3, 0.4) is 0 Å². The summed E-state index contributed by atoms with van der Waals surface area (Å²) in [6.45, 7) is 13.1. The summed E-state index contributed by atoms with van der Waals surface area (Å²) in [5, 5.41) is 11.1.